The molecule has 0 radical (unpaired) electrons. The summed E-state index contributed by atoms with van der Waals surface area (Å²) in [7, 11) is 0. The molecule has 1 aliphatic rings. The van der Waals surface area contributed by atoms with Crippen molar-refractivity contribution in [2.75, 3.05) is 26.2 Å². The zero-order valence-corrected chi connectivity index (χ0v) is 24.9. The van der Waals surface area contributed by atoms with Crippen molar-refractivity contribution in [1.82, 2.24) is 9.80 Å². The summed E-state index contributed by atoms with van der Waals surface area (Å²) in [5.74, 6) is 1.40. The lowest BCUT2D eigenvalue weighted by molar-refractivity contribution is -0.137. The monoisotopic (exact) mass is 510 g/mol. The summed E-state index contributed by atoms with van der Waals surface area (Å²) in [5, 5.41) is 0. The Morgan fingerprint density at radius 2 is 1.70 bits per heavy atom. The van der Waals surface area contributed by atoms with Gasteiger partial charge in [0, 0.05) is 38.5 Å². The van der Waals surface area contributed by atoms with Gasteiger partial charge in [0.2, 0.25) is 11.8 Å². The van der Waals surface area contributed by atoms with Gasteiger partial charge in [0.25, 0.3) is 0 Å². The van der Waals surface area contributed by atoms with Gasteiger partial charge < -0.3 is 9.80 Å². The third-order valence-corrected chi connectivity index (χ3v) is 7.40. The van der Waals surface area contributed by atoms with Gasteiger partial charge in [-0.3, -0.25) is 9.59 Å². The van der Waals surface area contributed by atoms with E-state index in [4.69, 9.17) is 0 Å². The fourth-order valence-electron chi connectivity index (χ4n) is 5.64. The molecule has 1 aromatic carbocycles. The van der Waals surface area contributed by atoms with Crippen LogP contribution in [0.5, 0.6) is 0 Å². The number of rotatable bonds is 13. The predicted octanol–water partition coefficient (Wildman–Crippen LogP) is 7.84. The van der Waals surface area contributed by atoms with Crippen molar-refractivity contribution >= 4 is 17.9 Å². The standard InChI is InChI=1S/C33H54N2O2/c1-8-9-11-16-30(22-28-14-12-10-13-15-28)25-35(31(36)21-27(4)23-33(5,6)7)24-29-17-19-34(20-18-29)32(37)26(2)3/h10,12-15,22,26-27,29H,8-9,11,16-21,23-25H2,1-7H3/b30-22+. The van der Waals surface area contributed by atoms with Crippen LogP contribution in [0.1, 0.15) is 105 Å². The Morgan fingerprint density at radius 3 is 2.27 bits per heavy atom. The van der Waals surface area contributed by atoms with Crippen LogP contribution in [0, 0.1) is 23.2 Å². The molecule has 0 spiro atoms. The minimum Gasteiger partial charge on any atom is -0.342 e. The smallest absolute Gasteiger partial charge is 0.225 e. The maximum Gasteiger partial charge on any atom is 0.225 e. The molecule has 1 atom stereocenters. The van der Waals surface area contributed by atoms with Crippen molar-refractivity contribution in [2.24, 2.45) is 23.2 Å². The fourth-order valence-corrected chi connectivity index (χ4v) is 5.64. The number of unbranched alkanes of at least 4 members (excludes halogenated alkanes) is 2. The van der Waals surface area contributed by atoms with E-state index in [0.717, 1.165) is 51.7 Å². The van der Waals surface area contributed by atoms with Crippen LogP contribution in [-0.4, -0.2) is 47.8 Å². The highest BCUT2D eigenvalue weighted by atomic mass is 16.2. The molecule has 0 bridgehead atoms. The van der Waals surface area contributed by atoms with E-state index in [9.17, 15) is 9.59 Å². The first-order valence-corrected chi connectivity index (χ1v) is 14.8. The fraction of sp³-hybridized carbons (Fsp3) is 0.697. The van der Waals surface area contributed by atoms with E-state index in [1.165, 1.54) is 24.0 Å². The van der Waals surface area contributed by atoms with E-state index >= 15 is 0 Å². The van der Waals surface area contributed by atoms with Crippen LogP contribution in [0.15, 0.2) is 35.9 Å². The Balaban J connectivity index is 2.18. The number of amides is 2. The molecule has 1 aromatic rings. The molecule has 4 nitrogen and oxygen atoms in total. The Kier molecular flexibility index (Phi) is 12.9. The van der Waals surface area contributed by atoms with Crippen LogP contribution in [0.25, 0.3) is 6.08 Å². The van der Waals surface area contributed by atoms with Crippen molar-refractivity contribution in [2.45, 2.75) is 99.8 Å². The quantitative estimate of drug-likeness (QED) is 0.254. The van der Waals surface area contributed by atoms with E-state index in [0.29, 0.717) is 24.8 Å². The summed E-state index contributed by atoms with van der Waals surface area (Å²) in [6.07, 6.45) is 10.5. The Hall–Kier alpha value is -2.10. The average molecular weight is 511 g/mol. The molecule has 37 heavy (non-hydrogen) atoms. The molecule has 0 aliphatic carbocycles. The Bertz CT molecular complexity index is 845. The van der Waals surface area contributed by atoms with E-state index < -0.39 is 0 Å². The number of carbonyl (C=O) groups excluding carboxylic acids is 2. The van der Waals surface area contributed by atoms with Gasteiger partial charge in [-0.05, 0) is 54.9 Å². The molecule has 4 heteroatoms. The van der Waals surface area contributed by atoms with E-state index in [2.05, 4.69) is 75.9 Å². The first-order chi connectivity index (χ1) is 17.5. The normalized spacial score (nSPS) is 16.2. The number of likely N-dealkylation sites (tertiary alicyclic amines) is 1. The SMILES string of the molecule is CCCCC/C(=C\c1ccccc1)CN(CC1CCN(C(=O)C(C)C)CC1)C(=O)CC(C)CC(C)(C)C. The van der Waals surface area contributed by atoms with Crippen LogP contribution >= 0.6 is 0 Å². The number of carbonyl (C=O) groups is 2. The van der Waals surface area contributed by atoms with E-state index in [-0.39, 0.29) is 23.1 Å². The lowest BCUT2D eigenvalue weighted by Gasteiger charge is -2.36. The maximum absolute atomic E-state index is 13.7. The summed E-state index contributed by atoms with van der Waals surface area (Å²) in [6, 6.07) is 10.5. The average Bonchev–Trinajstić information content (AvgIpc) is 2.83. The van der Waals surface area contributed by atoms with Gasteiger partial charge in [0.15, 0.2) is 0 Å². The molecule has 1 saturated heterocycles. The zero-order chi connectivity index (χ0) is 27.4. The highest BCUT2D eigenvalue weighted by Gasteiger charge is 2.28. The van der Waals surface area contributed by atoms with E-state index in [1.807, 2.05) is 18.7 Å². The summed E-state index contributed by atoms with van der Waals surface area (Å²) >= 11 is 0. The third kappa shape index (κ3) is 11.9. The van der Waals surface area contributed by atoms with Gasteiger partial charge in [-0.15, -0.1) is 0 Å². The Morgan fingerprint density at radius 1 is 1.05 bits per heavy atom. The second kappa shape index (κ2) is 15.3. The highest BCUT2D eigenvalue weighted by Crippen LogP contribution is 2.28. The van der Waals surface area contributed by atoms with Crippen molar-refractivity contribution in [1.29, 1.82) is 0 Å². The lowest BCUT2D eigenvalue weighted by atomic mass is 9.84. The molecule has 1 aliphatic heterocycles. The van der Waals surface area contributed by atoms with Crippen LogP contribution in [0.4, 0.5) is 0 Å². The highest BCUT2D eigenvalue weighted by molar-refractivity contribution is 5.78. The van der Waals surface area contributed by atoms with E-state index in [1.54, 1.807) is 0 Å². The first-order valence-electron chi connectivity index (χ1n) is 14.8. The molecule has 1 unspecified atom stereocenters. The number of piperidine rings is 1. The second-order valence-electron chi connectivity index (χ2n) is 12.9. The minimum atomic E-state index is 0.0488. The summed E-state index contributed by atoms with van der Waals surface area (Å²) < 4.78 is 0. The van der Waals surface area contributed by atoms with Crippen LogP contribution in [0.2, 0.25) is 0 Å². The number of hydrogen-bond donors (Lipinski definition) is 0. The summed E-state index contributed by atoms with van der Waals surface area (Å²) in [6.45, 7) is 18.3. The molecule has 2 rings (SSSR count). The second-order valence-corrected chi connectivity index (χ2v) is 12.9. The van der Waals surface area contributed by atoms with Crippen molar-refractivity contribution < 1.29 is 9.59 Å². The van der Waals surface area contributed by atoms with Gasteiger partial charge in [-0.25, -0.2) is 0 Å². The van der Waals surface area contributed by atoms with Crippen LogP contribution in [-0.2, 0) is 9.59 Å². The first kappa shape index (κ1) is 31.1. The van der Waals surface area contributed by atoms with Gasteiger partial charge in [-0.2, -0.15) is 0 Å². The third-order valence-electron chi connectivity index (χ3n) is 7.40. The molecular formula is C33H54N2O2. The van der Waals surface area contributed by atoms with Gasteiger partial charge in [-0.1, -0.05) is 103 Å². The Labute approximate surface area is 227 Å². The summed E-state index contributed by atoms with van der Waals surface area (Å²) in [4.78, 5) is 30.4. The van der Waals surface area contributed by atoms with Crippen LogP contribution in [0.3, 0.4) is 0 Å². The number of hydrogen-bond acceptors (Lipinski definition) is 2. The molecule has 0 saturated carbocycles. The molecule has 2 amide bonds. The maximum atomic E-state index is 13.7. The molecule has 0 aromatic heterocycles. The zero-order valence-electron chi connectivity index (χ0n) is 24.9. The topological polar surface area (TPSA) is 40.6 Å². The van der Waals surface area contributed by atoms with Crippen molar-refractivity contribution in [3.05, 3.63) is 41.5 Å². The molecular weight excluding hydrogens is 456 g/mol. The van der Waals surface area contributed by atoms with Crippen LogP contribution < -0.4 is 0 Å². The molecule has 1 fully saturated rings. The van der Waals surface area contributed by atoms with Gasteiger partial charge in [0.1, 0.15) is 0 Å². The van der Waals surface area contributed by atoms with Crippen molar-refractivity contribution in [3.63, 3.8) is 0 Å². The molecule has 0 N–H and O–H groups in total. The molecule has 208 valence electrons. The minimum absolute atomic E-state index is 0.0488. The largest absolute Gasteiger partial charge is 0.342 e. The van der Waals surface area contributed by atoms with Gasteiger partial charge >= 0.3 is 0 Å². The summed E-state index contributed by atoms with van der Waals surface area (Å²) in [5.41, 5.74) is 2.78. The molecule has 1 heterocycles. The van der Waals surface area contributed by atoms with Gasteiger partial charge in [0.05, 0.1) is 0 Å². The number of nitrogens with zero attached hydrogens (tertiary/aromatic N) is 2. The van der Waals surface area contributed by atoms with Crippen molar-refractivity contribution in [3.8, 4) is 0 Å². The number of benzene rings is 1. The lowest BCUT2D eigenvalue weighted by Crippen LogP contribution is -2.44. The predicted molar refractivity (Wildman–Crippen MR) is 157 cm³/mol.